The van der Waals surface area contributed by atoms with Crippen LogP contribution in [0.5, 0.6) is 0 Å². The summed E-state index contributed by atoms with van der Waals surface area (Å²) in [6, 6.07) is 2.41. The fraction of sp³-hybridized carbons (Fsp3) is 0.706. The van der Waals surface area contributed by atoms with Crippen LogP contribution in [0.25, 0.3) is 0 Å². The van der Waals surface area contributed by atoms with E-state index in [-0.39, 0.29) is 17.2 Å². The summed E-state index contributed by atoms with van der Waals surface area (Å²) >= 11 is 0. The first kappa shape index (κ1) is 16.7. The molecule has 1 fully saturated rings. The van der Waals surface area contributed by atoms with E-state index >= 15 is 0 Å². The molecule has 0 saturated carbocycles. The molecular weight excluding hydrogens is 276 g/mol. The molecule has 0 spiro atoms. The van der Waals surface area contributed by atoms with Crippen molar-refractivity contribution in [1.29, 1.82) is 0 Å². The Morgan fingerprint density at radius 1 is 1.27 bits per heavy atom. The van der Waals surface area contributed by atoms with Crippen molar-refractivity contribution in [2.24, 2.45) is 5.92 Å². The van der Waals surface area contributed by atoms with Crippen molar-refractivity contribution in [2.45, 2.75) is 58.9 Å². The highest BCUT2D eigenvalue weighted by Gasteiger charge is 2.24. The molecule has 0 aliphatic carbocycles. The number of rotatable bonds is 3. The molecule has 1 saturated heterocycles. The molecule has 5 nitrogen and oxygen atoms in total. The van der Waals surface area contributed by atoms with Crippen molar-refractivity contribution in [1.82, 2.24) is 14.9 Å². The second-order valence-corrected chi connectivity index (χ2v) is 7.44. The van der Waals surface area contributed by atoms with Gasteiger partial charge in [-0.2, -0.15) is 0 Å². The van der Waals surface area contributed by atoms with Gasteiger partial charge in [-0.05, 0) is 12.8 Å². The Morgan fingerprint density at radius 3 is 2.45 bits per heavy atom. The summed E-state index contributed by atoms with van der Waals surface area (Å²) in [5.41, 5.74) is 1.06. The van der Waals surface area contributed by atoms with Crippen LogP contribution in [0.1, 0.15) is 53.2 Å². The predicted molar refractivity (Wildman–Crippen MR) is 88.8 cm³/mol. The summed E-state index contributed by atoms with van der Waals surface area (Å²) in [6.07, 6.45) is 3.56. The molecule has 0 unspecified atom stereocenters. The molecule has 1 aliphatic rings. The summed E-state index contributed by atoms with van der Waals surface area (Å²) in [5, 5.41) is 3.49. The monoisotopic (exact) mass is 304 g/mol. The van der Waals surface area contributed by atoms with Crippen molar-refractivity contribution in [3.05, 3.63) is 18.1 Å². The first-order chi connectivity index (χ1) is 10.3. The molecule has 2 rings (SSSR count). The van der Waals surface area contributed by atoms with E-state index in [0.717, 1.165) is 37.4 Å². The lowest BCUT2D eigenvalue weighted by molar-refractivity contribution is -0.135. The van der Waals surface area contributed by atoms with E-state index < -0.39 is 0 Å². The van der Waals surface area contributed by atoms with Gasteiger partial charge in [0.2, 0.25) is 5.91 Å². The normalized spacial score (nSPS) is 16.9. The van der Waals surface area contributed by atoms with Crippen LogP contribution in [-0.2, 0) is 10.2 Å². The van der Waals surface area contributed by atoms with E-state index in [1.54, 1.807) is 6.33 Å². The molecule has 0 aromatic carbocycles. The lowest BCUT2D eigenvalue weighted by Gasteiger charge is -2.33. The van der Waals surface area contributed by atoms with Gasteiger partial charge in [-0.3, -0.25) is 4.79 Å². The van der Waals surface area contributed by atoms with Crippen LogP contribution in [0.4, 0.5) is 5.82 Å². The average Bonchev–Trinajstić information content (AvgIpc) is 2.46. The standard InChI is InChI=1S/C17H28N4O/c1-12(2)16(22)21-8-6-13(7-9-21)20-15-10-14(17(3,4)5)18-11-19-15/h10-13H,6-9H2,1-5H3,(H,18,19,20). The largest absolute Gasteiger partial charge is 0.367 e. The maximum absolute atomic E-state index is 12.0. The van der Waals surface area contributed by atoms with Crippen LogP contribution in [-0.4, -0.2) is 39.9 Å². The Labute approximate surface area is 133 Å². The van der Waals surface area contributed by atoms with Gasteiger partial charge in [0.1, 0.15) is 12.1 Å². The van der Waals surface area contributed by atoms with Crippen molar-refractivity contribution >= 4 is 11.7 Å². The maximum Gasteiger partial charge on any atom is 0.225 e. The SMILES string of the molecule is CC(C)C(=O)N1CCC(Nc2cc(C(C)(C)C)ncn2)CC1. The Hall–Kier alpha value is -1.65. The van der Waals surface area contributed by atoms with Gasteiger partial charge in [0, 0.05) is 36.5 Å². The van der Waals surface area contributed by atoms with Gasteiger partial charge < -0.3 is 10.2 Å². The van der Waals surface area contributed by atoms with E-state index in [9.17, 15) is 4.79 Å². The highest BCUT2D eigenvalue weighted by molar-refractivity contribution is 5.78. The van der Waals surface area contributed by atoms with Crippen molar-refractivity contribution in [3.8, 4) is 0 Å². The number of anilines is 1. The molecule has 5 heteroatoms. The van der Waals surface area contributed by atoms with Gasteiger partial charge in [0.15, 0.2) is 0 Å². The fourth-order valence-electron chi connectivity index (χ4n) is 2.66. The zero-order valence-corrected chi connectivity index (χ0v) is 14.4. The number of nitrogens with one attached hydrogen (secondary N) is 1. The second-order valence-electron chi connectivity index (χ2n) is 7.44. The minimum Gasteiger partial charge on any atom is -0.367 e. The van der Waals surface area contributed by atoms with Crippen LogP contribution in [0.15, 0.2) is 12.4 Å². The number of piperidine rings is 1. The number of carbonyl (C=O) groups is 1. The van der Waals surface area contributed by atoms with Gasteiger partial charge in [-0.25, -0.2) is 9.97 Å². The van der Waals surface area contributed by atoms with Gasteiger partial charge in [-0.15, -0.1) is 0 Å². The smallest absolute Gasteiger partial charge is 0.225 e. The predicted octanol–water partition coefficient (Wildman–Crippen LogP) is 2.83. The van der Waals surface area contributed by atoms with Crippen LogP contribution in [0, 0.1) is 5.92 Å². The molecule has 0 radical (unpaired) electrons. The van der Waals surface area contributed by atoms with E-state index in [2.05, 4.69) is 36.1 Å². The molecule has 0 bridgehead atoms. The first-order valence-electron chi connectivity index (χ1n) is 8.15. The van der Waals surface area contributed by atoms with Crippen molar-refractivity contribution < 1.29 is 4.79 Å². The summed E-state index contributed by atoms with van der Waals surface area (Å²) in [7, 11) is 0. The molecule has 1 amide bonds. The molecule has 1 aromatic heterocycles. The van der Waals surface area contributed by atoms with E-state index in [1.807, 2.05) is 24.8 Å². The van der Waals surface area contributed by atoms with Gasteiger partial charge in [0.05, 0.1) is 5.69 Å². The van der Waals surface area contributed by atoms with Crippen LogP contribution in [0.2, 0.25) is 0 Å². The van der Waals surface area contributed by atoms with E-state index in [1.165, 1.54) is 0 Å². The molecule has 1 aromatic rings. The number of carbonyl (C=O) groups excluding carboxylic acids is 1. The van der Waals surface area contributed by atoms with E-state index in [4.69, 9.17) is 0 Å². The zero-order chi connectivity index (χ0) is 16.3. The number of likely N-dealkylation sites (tertiary alicyclic amines) is 1. The Kier molecular flexibility index (Phi) is 5.04. The number of amides is 1. The van der Waals surface area contributed by atoms with E-state index in [0.29, 0.717) is 6.04 Å². The van der Waals surface area contributed by atoms with Crippen molar-refractivity contribution in [3.63, 3.8) is 0 Å². The molecular formula is C17H28N4O. The molecule has 22 heavy (non-hydrogen) atoms. The van der Waals surface area contributed by atoms with Crippen LogP contribution < -0.4 is 5.32 Å². The Balaban J connectivity index is 1.93. The van der Waals surface area contributed by atoms with Crippen molar-refractivity contribution in [2.75, 3.05) is 18.4 Å². The number of nitrogens with zero attached hydrogens (tertiary/aromatic N) is 3. The average molecular weight is 304 g/mol. The van der Waals surface area contributed by atoms with Gasteiger partial charge in [-0.1, -0.05) is 34.6 Å². The summed E-state index contributed by atoms with van der Waals surface area (Å²) in [6.45, 7) is 12.0. The lowest BCUT2D eigenvalue weighted by atomic mass is 9.92. The van der Waals surface area contributed by atoms with Crippen LogP contribution >= 0.6 is 0 Å². The molecule has 2 heterocycles. The quantitative estimate of drug-likeness (QED) is 0.933. The lowest BCUT2D eigenvalue weighted by Crippen LogP contribution is -2.44. The Morgan fingerprint density at radius 2 is 1.91 bits per heavy atom. The second kappa shape index (κ2) is 6.63. The summed E-state index contributed by atoms with van der Waals surface area (Å²) in [4.78, 5) is 22.7. The van der Waals surface area contributed by atoms with Crippen LogP contribution in [0.3, 0.4) is 0 Å². The zero-order valence-electron chi connectivity index (χ0n) is 14.4. The van der Waals surface area contributed by atoms with Gasteiger partial charge >= 0.3 is 0 Å². The molecule has 1 N–H and O–H groups in total. The maximum atomic E-state index is 12.0. The highest BCUT2D eigenvalue weighted by atomic mass is 16.2. The third kappa shape index (κ3) is 4.18. The molecule has 0 atom stereocenters. The number of hydrogen-bond acceptors (Lipinski definition) is 4. The minimum absolute atomic E-state index is 0.0203. The molecule has 1 aliphatic heterocycles. The Bertz CT molecular complexity index is 514. The fourth-order valence-corrected chi connectivity index (χ4v) is 2.66. The summed E-state index contributed by atoms with van der Waals surface area (Å²) < 4.78 is 0. The topological polar surface area (TPSA) is 58.1 Å². The first-order valence-corrected chi connectivity index (χ1v) is 8.15. The minimum atomic E-state index is 0.0203. The third-order valence-electron chi connectivity index (χ3n) is 4.09. The number of aromatic nitrogens is 2. The third-order valence-corrected chi connectivity index (χ3v) is 4.09. The number of hydrogen-bond donors (Lipinski definition) is 1. The summed E-state index contributed by atoms with van der Waals surface area (Å²) in [5.74, 6) is 1.23. The highest BCUT2D eigenvalue weighted by Crippen LogP contribution is 2.22. The molecule has 122 valence electrons. The van der Waals surface area contributed by atoms with Gasteiger partial charge in [0.25, 0.3) is 0 Å².